The van der Waals surface area contributed by atoms with Crippen LogP contribution in [0.25, 0.3) is 10.8 Å². The molecule has 0 amide bonds. The van der Waals surface area contributed by atoms with Gasteiger partial charge in [0.1, 0.15) is 0 Å². The first-order valence-electron chi connectivity index (χ1n) is 7.01. The highest BCUT2D eigenvalue weighted by molar-refractivity contribution is 9.10. The van der Waals surface area contributed by atoms with Gasteiger partial charge >= 0.3 is 5.66 Å². The summed E-state index contributed by atoms with van der Waals surface area (Å²) in [6, 6.07) is 4.10. The van der Waals surface area contributed by atoms with Crippen molar-refractivity contribution in [3.63, 3.8) is 0 Å². The van der Waals surface area contributed by atoms with Gasteiger partial charge in [-0.15, -0.1) is 0 Å². The average molecular weight is 424 g/mol. The Balaban J connectivity index is 2.32. The van der Waals surface area contributed by atoms with Gasteiger partial charge < -0.3 is 19.6 Å². The molecule has 1 aromatic heterocycles. The number of halogens is 3. The lowest BCUT2D eigenvalue weighted by Gasteiger charge is -2.19. The largest absolute Gasteiger partial charge is 0.478 e. The number of ether oxygens (including phenoxy) is 1. The van der Waals surface area contributed by atoms with Crippen LogP contribution in [0.4, 0.5) is 8.78 Å². The van der Waals surface area contributed by atoms with Crippen LogP contribution in [0.1, 0.15) is 25.8 Å². The van der Waals surface area contributed by atoms with Crippen molar-refractivity contribution in [1.82, 2.24) is 4.98 Å². The van der Waals surface area contributed by atoms with Crippen LogP contribution in [0.15, 0.2) is 28.9 Å². The fourth-order valence-electron chi connectivity index (χ4n) is 1.97. The van der Waals surface area contributed by atoms with Gasteiger partial charge in [-0.1, -0.05) is 15.9 Å². The highest BCUT2D eigenvalue weighted by Crippen LogP contribution is 2.54. The molecule has 0 spiro atoms. The molecule has 132 valence electrons. The van der Waals surface area contributed by atoms with E-state index in [-0.39, 0.29) is 17.0 Å². The van der Waals surface area contributed by atoms with Gasteiger partial charge in [-0.05, 0) is 31.4 Å². The van der Waals surface area contributed by atoms with Crippen LogP contribution in [0.5, 0.6) is 5.88 Å². The average Bonchev–Trinajstić information content (AvgIpc) is 2.45. The van der Waals surface area contributed by atoms with Crippen molar-refractivity contribution in [3.05, 3.63) is 34.4 Å². The standard InChI is InChI=1S/C15H17BrF2NO4P/c1-14(2,20)3-4-23-13-7-9-5-11(15(17,18)24(21)22)12(16)6-10(9)8-19-13/h5-8,20-22H,3-4H2,1-2H3. The second-order valence-electron chi connectivity index (χ2n) is 5.94. The first kappa shape index (κ1) is 19.4. The lowest BCUT2D eigenvalue weighted by atomic mass is 10.1. The van der Waals surface area contributed by atoms with Crippen molar-refractivity contribution >= 4 is 35.1 Å². The van der Waals surface area contributed by atoms with E-state index in [1.807, 2.05) is 0 Å². The zero-order valence-electron chi connectivity index (χ0n) is 13.0. The molecule has 0 saturated carbocycles. The number of hydrogen-bond acceptors (Lipinski definition) is 5. The van der Waals surface area contributed by atoms with Gasteiger partial charge in [0.25, 0.3) is 0 Å². The van der Waals surface area contributed by atoms with Crippen LogP contribution >= 0.6 is 24.3 Å². The van der Waals surface area contributed by atoms with Gasteiger partial charge in [-0.2, -0.15) is 8.78 Å². The third kappa shape index (κ3) is 4.58. The van der Waals surface area contributed by atoms with E-state index in [2.05, 4.69) is 20.9 Å². The molecular weight excluding hydrogens is 407 g/mol. The summed E-state index contributed by atoms with van der Waals surface area (Å²) >= 11 is 3.03. The first-order chi connectivity index (χ1) is 11.0. The minimum Gasteiger partial charge on any atom is -0.478 e. The molecule has 0 aliphatic rings. The van der Waals surface area contributed by atoms with Gasteiger partial charge in [0.2, 0.25) is 14.3 Å². The van der Waals surface area contributed by atoms with Gasteiger partial charge in [-0.3, -0.25) is 0 Å². The van der Waals surface area contributed by atoms with E-state index in [4.69, 9.17) is 14.5 Å². The predicted molar refractivity (Wildman–Crippen MR) is 91.1 cm³/mol. The molecule has 0 bridgehead atoms. The summed E-state index contributed by atoms with van der Waals surface area (Å²) in [5.74, 6) is 0.235. The second-order valence-corrected chi connectivity index (χ2v) is 7.94. The van der Waals surface area contributed by atoms with E-state index < -0.39 is 25.2 Å². The molecule has 2 rings (SSSR count). The number of hydrogen-bond donors (Lipinski definition) is 3. The Morgan fingerprint density at radius 3 is 2.46 bits per heavy atom. The van der Waals surface area contributed by atoms with Crippen molar-refractivity contribution in [2.75, 3.05) is 6.61 Å². The maximum absolute atomic E-state index is 13.9. The zero-order chi connectivity index (χ0) is 18.1. The van der Waals surface area contributed by atoms with Gasteiger partial charge in [0.15, 0.2) is 0 Å². The molecule has 1 heterocycles. The van der Waals surface area contributed by atoms with Crippen molar-refractivity contribution in [3.8, 4) is 5.88 Å². The van der Waals surface area contributed by atoms with E-state index in [1.54, 1.807) is 13.8 Å². The lowest BCUT2D eigenvalue weighted by molar-refractivity contribution is 0.0547. The summed E-state index contributed by atoms with van der Waals surface area (Å²) in [5.41, 5.74) is -5.15. The van der Waals surface area contributed by atoms with Gasteiger partial charge in [0, 0.05) is 34.1 Å². The van der Waals surface area contributed by atoms with Crippen LogP contribution in [0, 0.1) is 0 Å². The number of nitrogens with zero attached hydrogens (tertiary/aromatic N) is 1. The van der Waals surface area contributed by atoms with E-state index >= 15 is 0 Å². The zero-order valence-corrected chi connectivity index (χ0v) is 15.5. The molecule has 0 radical (unpaired) electrons. The number of benzene rings is 1. The molecule has 3 N–H and O–H groups in total. The van der Waals surface area contributed by atoms with Crippen LogP contribution < -0.4 is 4.74 Å². The Hall–Kier alpha value is -0.920. The maximum atomic E-state index is 13.9. The first-order valence-corrected chi connectivity index (χ1v) is 9.05. The predicted octanol–water partition coefficient (Wildman–Crippen LogP) is 3.88. The maximum Gasteiger partial charge on any atom is 0.340 e. The van der Waals surface area contributed by atoms with Crippen LogP contribution in [-0.2, 0) is 5.66 Å². The normalized spacial score (nSPS) is 12.9. The van der Waals surface area contributed by atoms with E-state index in [0.717, 1.165) is 0 Å². The Kier molecular flexibility index (Phi) is 5.77. The summed E-state index contributed by atoms with van der Waals surface area (Å²) < 4.78 is 33.3. The fourth-order valence-corrected chi connectivity index (χ4v) is 3.13. The smallest absolute Gasteiger partial charge is 0.340 e. The molecule has 1 aromatic carbocycles. The highest BCUT2D eigenvalue weighted by Gasteiger charge is 2.42. The summed E-state index contributed by atoms with van der Waals surface area (Å²) in [6.45, 7) is 3.52. The van der Waals surface area contributed by atoms with Crippen molar-refractivity contribution in [2.45, 2.75) is 31.5 Å². The molecule has 0 aliphatic heterocycles. The number of aliphatic hydroxyl groups is 1. The Morgan fingerprint density at radius 2 is 1.88 bits per heavy atom. The molecule has 0 saturated heterocycles. The van der Waals surface area contributed by atoms with E-state index in [9.17, 15) is 13.9 Å². The monoisotopic (exact) mass is 423 g/mol. The SMILES string of the molecule is CC(C)(O)CCOc1cc2cc(C(F)(F)P(O)O)c(Br)cc2cn1. The quantitative estimate of drug-likeness (QED) is 0.614. The molecule has 0 aliphatic carbocycles. The third-order valence-corrected chi connectivity index (χ3v) is 4.72. The molecule has 5 nitrogen and oxygen atoms in total. The second kappa shape index (κ2) is 7.14. The molecule has 0 fully saturated rings. The Morgan fingerprint density at radius 1 is 1.21 bits per heavy atom. The molecule has 0 atom stereocenters. The summed E-state index contributed by atoms with van der Waals surface area (Å²) in [7, 11) is -3.46. The number of rotatable bonds is 6. The Labute approximate surface area is 147 Å². The van der Waals surface area contributed by atoms with Crippen LogP contribution in [0.2, 0.25) is 0 Å². The minimum atomic E-state index is -3.76. The van der Waals surface area contributed by atoms with Gasteiger partial charge in [-0.25, -0.2) is 4.98 Å². The van der Waals surface area contributed by atoms with Crippen molar-refractivity contribution in [1.29, 1.82) is 0 Å². The molecule has 2 aromatic rings. The topological polar surface area (TPSA) is 82.8 Å². The van der Waals surface area contributed by atoms with Crippen molar-refractivity contribution in [2.24, 2.45) is 0 Å². The lowest BCUT2D eigenvalue weighted by Crippen LogP contribution is -2.21. The highest BCUT2D eigenvalue weighted by atomic mass is 79.9. The Bertz CT molecular complexity index is 737. The van der Waals surface area contributed by atoms with E-state index in [0.29, 0.717) is 17.2 Å². The third-order valence-electron chi connectivity index (χ3n) is 3.32. The molecule has 24 heavy (non-hydrogen) atoms. The fraction of sp³-hybridized carbons (Fsp3) is 0.400. The number of aromatic nitrogens is 1. The minimum absolute atomic E-state index is 0.0631. The van der Waals surface area contributed by atoms with Crippen molar-refractivity contribution < 1.29 is 28.4 Å². The number of alkyl halides is 2. The van der Waals surface area contributed by atoms with Crippen LogP contribution in [-0.4, -0.2) is 32.1 Å². The van der Waals surface area contributed by atoms with Gasteiger partial charge in [0.05, 0.1) is 12.2 Å². The number of fused-ring (bicyclic) bond motifs is 1. The molecule has 9 heteroatoms. The number of pyridine rings is 1. The van der Waals surface area contributed by atoms with Crippen LogP contribution in [0.3, 0.4) is 0 Å². The molecular formula is C15H17BrF2NO4P. The summed E-state index contributed by atoms with van der Waals surface area (Å²) in [4.78, 5) is 22.0. The summed E-state index contributed by atoms with van der Waals surface area (Å²) in [5, 5.41) is 10.7. The van der Waals surface area contributed by atoms with E-state index in [1.165, 1.54) is 24.4 Å². The molecule has 0 unspecified atom stereocenters. The summed E-state index contributed by atoms with van der Waals surface area (Å²) in [6.07, 6.45) is 1.86.